The van der Waals surface area contributed by atoms with Crippen molar-refractivity contribution in [1.29, 1.82) is 0 Å². The van der Waals surface area contributed by atoms with Gasteiger partial charge in [-0.15, -0.1) is 11.3 Å². The van der Waals surface area contributed by atoms with Gasteiger partial charge in [0, 0.05) is 31.7 Å². The van der Waals surface area contributed by atoms with E-state index in [1.807, 2.05) is 37.3 Å². The number of carbonyl (C=O) groups is 2. The monoisotopic (exact) mass is 423 g/mol. The van der Waals surface area contributed by atoms with Crippen LogP contribution in [0.2, 0.25) is 0 Å². The molecule has 1 saturated heterocycles. The van der Waals surface area contributed by atoms with Crippen molar-refractivity contribution in [2.45, 2.75) is 13.3 Å². The van der Waals surface area contributed by atoms with Crippen molar-refractivity contribution >= 4 is 23.2 Å². The smallest absolute Gasteiger partial charge is 0.265 e. The molecule has 1 aliphatic heterocycles. The number of carbonyl (C=O) groups excluding carboxylic acids is 2. The molecule has 0 spiro atoms. The zero-order chi connectivity index (χ0) is 21.1. The molecule has 2 aromatic carbocycles. The Hall–Kier alpha value is -3.06. The quantitative estimate of drug-likeness (QED) is 0.642. The number of rotatable bonds is 4. The summed E-state index contributed by atoms with van der Waals surface area (Å²) in [6, 6.07) is 15.8. The molecule has 1 fully saturated rings. The van der Waals surface area contributed by atoms with Crippen LogP contribution < -0.4 is 0 Å². The molecule has 0 N–H and O–H groups in total. The first kappa shape index (κ1) is 20.2. The number of halogens is 1. The van der Waals surface area contributed by atoms with Gasteiger partial charge in [0.25, 0.3) is 5.91 Å². The normalized spacial score (nSPS) is 14.1. The van der Waals surface area contributed by atoms with Crippen LogP contribution in [0.25, 0.3) is 10.6 Å². The van der Waals surface area contributed by atoms with Gasteiger partial charge in [0.05, 0.1) is 12.1 Å². The molecular formula is C23H22FN3O2S. The van der Waals surface area contributed by atoms with E-state index in [0.29, 0.717) is 31.1 Å². The third kappa shape index (κ3) is 4.41. The van der Waals surface area contributed by atoms with Gasteiger partial charge in [0.15, 0.2) is 0 Å². The van der Waals surface area contributed by atoms with Gasteiger partial charge in [-0.2, -0.15) is 0 Å². The Balaban J connectivity index is 1.37. The zero-order valence-electron chi connectivity index (χ0n) is 16.7. The molecule has 154 valence electrons. The summed E-state index contributed by atoms with van der Waals surface area (Å²) in [6.07, 6.45) is 0.239. The average Bonchev–Trinajstić information content (AvgIpc) is 3.17. The second kappa shape index (κ2) is 8.75. The lowest BCUT2D eigenvalue weighted by Gasteiger charge is -2.34. The molecular weight excluding hydrogens is 401 g/mol. The van der Waals surface area contributed by atoms with Crippen LogP contribution in [0.3, 0.4) is 0 Å². The van der Waals surface area contributed by atoms with Crippen molar-refractivity contribution in [2.24, 2.45) is 0 Å². The van der Waals surface area contributed by atoms with Gasteiger partial charge in [-0.25, -0.2) is 9.37 Å². The molecule has 30 heavy (non-hydrogen) atoms. The Bertz CT molecular complexity index is 1040. The molecule has 5 nitrogen and oxygen atoms in total. The largest absolute Gasteiger partial charge is 0.339 e. The van der Waals surface area contributed by atoms with Gasteiger partial charge >= 0.3 is 0 Å². The van der Waals surface area contributed by atoms with E-state index in [1.165, 1.54) is 23.5 Å². The molecule has 0 bridgehead atoms. The van der Waals surface area contributed by atoms with E-state index in [-0.39, 0.29) is 24.1 Å². The predicted molar refractivity (Wildman–Crippen MR) is 115 cm³/mol. The molecule has 7 heteroatoms. The number of hydrogen-bond acceptors (Lipinski definition) is 4. The molecule has 3 aromatic rings. The second-order valence-electron chi connectivity index (χ2n) is 7.28. The van der Waals surface area contributed by atoms with Crippen LogP contribution in [0.1, 0.15) is 20.9 Å². The van der Waals surface area contributed by atoms with Crippen molar-refractivity contribution in [3.05, 3.63) is 76.5 Å². The Kier molecular flexibility index (Phi) is 5.90. The van der Waals surface area contributed by atoms with E-state index < -0.39 is 0 Å². The van der Waals surface area contributed by atoms with Crippen molar-refractivity contribution < 1.29 is 14.0 Å². The molecule has 1 aliphatic rings. The lowest BCUT2D eigenvalue weighted by Crippen LogP contribution is -2.51. The van der Waals surface area contributed by atoms with E-state index in [2.05, 4.69) is 4.98 Å². The lowest BCUT2D eigenvalue weighted by molar-refractivity contribution is -0.131. The number of aromatic nitrogens is 1. The highest BCUT2D eigenvalue weighted by Crippen LogP contribution is 2.29. The first-order valence-electron chi connectivity index (χ1n) is 9.85. The average molecular weight is 424 g/mol. The lowest BCUT2D eigenvalue weighted by atomic mass is 10.1. The molecule has 0 saturated carbocycles. The van der Waals surface area contributed by atoms with Gasteiger partial charge in [-0.05, 0) is 24.6 Å². The number of amides is 2. The number of aryl methyl sites for hydroxylation is 1. The topological polar surface area (TPSA) is 53.5 Å². The predicted octanol–water partition coefficient (Wildman–Crippen LogP) is 3.78. The number of nitrogens with zero attached hydrogens (tertiary/aromatic N) is 3. The van der Waals surface area contributed by atoms with Gasteiger partial charge in [0.2, 0.25) is 5.91 Å². The molecule has 4 rings (SSSR count). The summed E-state index contributed by atoms with van der Waals surface area (Å²) >= 11 is 1.41. The SMILES string of the molecule is Cc1nc(-c2ccccc2)sc1C(=O)N1CCN(C(=O)Cc2ccc(F)cc2)CC1. The van der Waals surface area contributed by atoms with E-state index in [1.54, 1.807) is 21.9 Å². The second-order valence-corrected chi connectivity index (χ2v) is 8.27. The van der Waals surface area contributed by atoms with Crippen LogP contribution in [0.4, 0.5) is 4.39 Å². The summed E-state index contributed by atoms with van der Waals surface area (Å²) < 4.78 is 13.0. The fraction of sp³-hybridized carbons (Fsp3) is 0.261. The minimum Gasteiger partial charge on any atom is -0.339 e. The van der Waals surface area contributed by atoms with Crippen molar-refractivity contribution in [3.8, 4) is 10.6 Å². The third-order valence-corrected chi connectivity index (χ3v) is 6.39. The van der Waals surface area contributed by atoms with Gasteiger partial charge < -0.3 is 9.80 Å². The van der Waals surface area contributed by atoms with Crippen LogP contribution in [-0.2, 0) is 11.2 Å². The summed E-state index contributed by atoms with van der Waals surface area (Å²) in [6.45, 7) is 3.83. The van der Waals surface area contributed by atoms with E-state index in [9.17, 15) is 14.0 Å². The fourth-order valence-corrected chi connectivity index (χ4v) is 4.53. The van der Waals surface area contributed by atoms with Crippen LogP contribution in [0.5, 0.6) is 0 Å². The highest BCUT2D eigenvalue weighted by atomic mass is 32.1. The highest BCUT2D eigenvalue weighted by molar-refractivity contribution is 7.17. The first-order valence-corrected chi connectivity index (χ1v) is 10.7. The Morgan fingerprint density at radius 2 is 1.60 bits per heavy atom. The number of thiazole rings is 1. The summed E-state index contributed by atoms with van der Waals surface area (Å²) in [5, 5.41) is 0.838. The molecule has 0 atom stereocenters. The molecule has 1 aromatic heterocycles. The molecule has 2 heterocycles. The molecule has 2 amide bonds. The van der Waals surface area contributed by atoms with Crippen molar-refractivity contribution in [2.75, 3.05) is 26.2 Å². The van der Waals surface area contributed by atoms with E-state index in [4.69, 9.17) is 0 Å². The van der Waals surface area contributed by atoms with Crippen LogP contribution >= 0.6 is 11.3 Å². The minimum absolute atomic E-state index is 0.00552. The molecule has 0 unspecified atom stereocenters. The maximum Gasteiger partial charge on any atom is 0.265 e. The Labute approximate surface area is 178 Å². The maximum absolute atomic E-state index is 13.0. The summed E-state index contributed by atoms with van der Waals surface area (Å²) in [7, 11) is 0. The third-order valence-electron chi connectivity index (χ3n) is 5.20. The van der Waals surface area contributed by atoms with Crippen molar-refractivity contribution in [3.63, 3.8) is 0 Å². The number of benzene rings is 2. The van der Waals surface area contributed by atoms with Gasteiger partial charge in [0.1, 0.15) is 15.7 Å². The van der Waals surface area contributed by atoms with Crippen LogP contribution in [-0.4, -0.2) is 52.8 Å². The summed E-state index contributed by atoms with van der Waals surface area (Å²) in [5.41, 5.74) is 2.52. The van der Waals surface area contributed by atoms with Gasteiger partial charge in [-0.1, -0.05) is 42.5 Å². The molecule has 0 aliphatic carbocycles. The standard InChI is InChI=1S/C23H22FN3O2S/c1-16-21(30-22(25-16)18-5-3-2-4-6-18)23(29)27-13-11-26(12-14-27)20(28)15-17-7-9-19(24)10-8-17/h2-10H,11-15H2,1H3. The maximum atomic E-state index is 13.0. The van der Waals surface area contributed by atoms with Crippen molar-refractivity contribution in [1.82, 2.24) is 14.8 Å². The molecule has 0 radical (unpaired) electrons. The van der Waals surface area contributed by atoms with E-state index >= 15 is 0 Å². The Morgan fingerprint density at radius 1 is 0.967 bits per heavy atom. The minimum atomic E-state index is -0.313. The first-order chi connectivity index (χ1) is 14.5. The highest BCUT2D eigenvalue weighted by Gasteiger charge is 2.27. The van der Waals surface area contributed by atoms with Gasteiger partial charge in [-0.3, -0.25) is 9.59 Å². The van der Waals surface area contributed by atoms with Crippen LogP contribution in [0.15, 0.2) is 54.6 Å². The summed E-state index contributed by atoms with van der Waals surface area (Å²) in [5.74, 6) is -0.348. The zero-order valence-corrected chi connectivity index (χ0v) is 17.5. The van der Waals surface area contributed by atoms with E-state index in [0.717, 1.165) is 21.8 Å². The Morgan fingerprint density at radius 3 is 2.27 bits per heavy atom. The summed E-state index contributed by atoms with van der Waals surface area (Å²) in [4.78, 5) is 34.3. The fourth-order valence-electron chi connectivity index (χ4n) is 3.49. The van der Waals surface area contributed by atoms with Crippen LogP contribution in [0, 0.1) is 12.7 Å². The number of hydrogen-bond donors (Lipinski definition) is 0. The number of piperazine rings is 1.